The maximum Gasteiger partial charge on any atom is 0.329 e. The Morgan fingerprint density at radius 1 is 1.45 bits per heavy atom. The molecule has 0 aliphatic rings. The fraction of sp³-hybridized carbons (Fsp3) is 0.667. The Morgan fingerprint density at radius 2 is 2.20 bits per heavy atom. The first-order chi connectivity index (χ1) is 9.48. The van der Waals surface area contributed by atoms with Crippen LogP contribution in [0.3, 0.4) is 0 Å². The molecule has 0 saturated carbocycles. The molecule has 8 nitrogen and oxygen atoms in total. The van der Waals surface area contributed by atoms with E-state index in [1.165, 1.54) is 6.92 Å². The zero-order chi connectivity index (χ0) is 15.0. The van der Waals surface area contributed by atoms with Gasteiger partial charge in [0.25, 0.3) is 0 Å². The predicted molar refractivity (Wildman–Crippen MR) is 72.1 cm³/mol. The Balaban J connectivity index is 2.29. The zero-order valence-corrected chi connectivity index (χ0v) is 11.8. The quantitative estimate of drug-likeness (QED) is 0.606. The van der Waals surface area contributed by atoms with Crippen LogP contribution in [0.15, 0.2) is 12.4 Å². The summed E-state index contributed by atoms with van der Waals surface area (Å²) in [6.07, 6.45) is 5.07. The Bertz CT molecular complexity index is 434. The van der Waals surface area contributed by atoms with Gasteiger partial charge >= 0.3 is 12.0 Å². The predicted octanol–water partition coefficient (Wildman–Crippen LogP) is 0.611. The zero-order valence-electron chi connectivity index (χ0n) is 11.8. The van der Waals surface area contributed by atoms with Gasteiger partial charge in [0.05, 0.1) is 6.20 Å². The number of aryl methyl sites for hydroxylation is 1. The van der Waals surface area contributed by atoms with Gasteiger partial charge in [-0.2, -0.15) is 0 Å². The molecule has 8 heteroatoms. The van der Waals surface area contributed by atoms with Crippen LogP contribution in [0, 0.1) is 0 Å². The lowest BCUT2D eigenvalue weighted by atomic mass is 9.97. The van der Waals surface area contributed by atoms with Crippen LogP contribution in [0.2, 0.25) is 0 Å². The molecule has 0 fully saturated rings. The molecule has 1 unspecified atom stereocenters. The first-order valence-electron chi connectivity index (χ1n) is 6.61. The van der Waals surface area contributed by atoms with E-state index in [1.54, 1.807) is 17.1 Å². The molecular formula is C12H21N5O3. The summed E-state index contributed by atoms with van der Waals surface area (Å²) in [5.41, 5.74) is -1.23. The van der Waals surface area contributed by atoms with Gasteiger partial charge in [-0.25, -0.2) is 9.59 Å². The second kappa shape index (κ2) is 7.46. The summed E-state index contributed by atoms with van der Waals surface area (Å²) in [4.78, 5) is 22.8. The number of carboxylic acid groups (broad SMARTS) is 1. The van der Waals surface area contributed by atoms with E-state index in [9.17, 15) is 9.59 Å². The average molecular weight is 283 g/mol. The summed E-state index contributed by atoms with van der Waals surface area (Å²) in [5.74, 6) is -1.03. The fourth-order valence-corrected chi connectivity index (χ4v) is 1.81. The molecule has 3 N–H and O–H groups in total. The third kappa shape index (κ3) is 4.87. The number of carbonyl (C=O) groups excluding carboxylic acids is 1. The maximum absolute atomic E-state index is 11.7. The smallest absolute Gasteiger partial charge is 0.329 e. The summed E-state index contributed by atoms with van der Waals surface area (Å²) >= 11 is 0. The summed E-state index contributed by atoms with van der Waals surface area (Å²) < 4.78 is 1.66. The van der Waals surface area contributed by atoms with E-state index in [0.717, 1.165) is 0 Å². The Hall–Kier alpha value is -2.12. The molecule has 20 heavy (non-hydrogen) atoms. The number of aliphatic carboxylic acids is 1. The lowest BCUT2D eigenvalue weighted by Crippen LogP contribution is -2.55. The molecule has 0 bridgehead atoms. The van der Waals surface area contributed by atoms with Crippen LogP contribution < -0.4 is 10.6 Å². The molecule has 1 aromatic heterocycles. The monoisotopic (exact) mass is 283 g/mol. The average Bonchev–Trinajstić information content (AvgIpc) is 2.87. The lowest BCUT2D eigenvalue weighted by Gasteiger charge is -2.25. The highest BCUT2D eigenvalue weighted by molar-refractivity contribution is 5.85. The topological polar surface area (TPSA) is 109 Å². The molecule has 0 aliphatic carbocycles. The highest BCUT2D eigenvalue weighted by atomic mass is 16.4. The van der Waals surface area contributed by atoms with Gasteiger partial charge < -0.3 is 15.7 Å². The largest absolute Gasteiger partial charge is 0.480 e. The fourth-order valence-electron chi connectivity index (χ4n) is 1.81. The van der Waals surface area contributed by atoms with Crippen molar-refractivity contribution in [3.8, 4) is 0 Å². The first kappa shape index (κ1) is 15.9. The van der Waals surface area contributed by atoms with Crippen LogP contribution in [0.5, 0.6) is 0 Å². The molecule has 1 rings (SSSR count). The number of carbonyl (C=O) groups is 2. The van der Waals surface area contributed by atoms with E-state index in [2.05, 4.69) is 20.9 Å². The highest BCUT2D eigenvalue weighted by Gasteiger charge is 2.33. The van der Waals surface area contributed by atoms with Gasteiger partial charge in [0.1, 0.15) is 5.54 Å². The maximum atomic E-state index is 11.7. The molecular weight excluding hydrogens is 262 g/mol. The van der Waals surface area contributed by atoms with Gasteiger partial charge in [-0.3, -0.25) is 4.68 Å². The number of nitrogens with one attached hydrogen (secondary N) is 2. The van der Waals surface area contributed by atoms with Gasteiger partial charge in [0, 0.05) is 19.3 Å². The van der Waals surface area contributed by atoms with Gasteiger partial charge in [0.15, 0.2) is 0 Å². The van der Waals surface area contributed by atoms with Gasteiger partial charge in [-0.05, 0) is 19.8 Å². The molecule has 1 atom stereocenters. The number of urea groups is 1. The molecule has 1 heterocycles. The highest BCUT2D eigenvalue weighted by Crippen LogP contribution is 2.12. The number of hydrogen-bond donors (Lipinski definition) is 3. The van der Waals surface area contributed by atoms with Crippen molar-refractivity contribution in [1.82, 2.24) is 25.6 Å². The Morgan fingerprint density at radius 3 is 2.75 bits per heavy atom. The Kier molecular flexibility index (Phi) is 5.95. The molecule has 0 aromatic carbocycles. The number of aromatic nitrogens is 3. The second-order valence-electron chi connectivity index (χ2n) is 4.79. The SMILES string of the molecule is CCCC(C)(NC(=O)NCCCn1ccnn1)C(=O)O. The van der Waals surface area contributed by atoms with Crippen LogP contribution in [0.1, 0.15) is 33.1 Å². The third-order valence-corrected chi connectivity index (χ3v) is 2.93. The number of rotatable bonds is 8. The van der Waals surface area contributed by atoms with Gasteiger partial charge in [-0.15, -0.1) is 5.10 Å². The van der Waals surface area contributed by atoms with E-state index >= 15 is 0 Å². The van der Waals surface area contributed by atoms with Crippen molar-refractivity contribution in [3.63, 3.8) is 0 Å². The molecule has 2 amide bonds. The van der Waals surface area contributed by atoms with E-state index in [0.29, 0.717) is 32.4 Å². The van der Waals surface area contributed by atoms with Gasteiger partial charge in [0.2, 0.25) is 0 Å². The van der Waals surface area contributed by atoms with Crippen LogP contribution in [0.4, 0.5) is 4.79 Å². The molecule has 1 aromatic rings. The van der Waals surface area contributed by atoms with E-state index in [4.69, 9.17) is 5.11 Å². The standard InChI is InChI=1S/C12H21N5O3/c1-3-5-12(2,10(18)19)15-11(20)13-6-4-8-17-9-7-14-16-17/h7,9H,3-6,8H2,1-2H3,(H,18,19)(H2,13,15,20). The summed E-state index contributed by atoms with van der Waals surface area (Å²) in [6.45, 7) is 4.46. The van der Waals surface area contributed by atoms with Crippen molar-refractivity contribution in [2.75, 3.05) is 6.54 Å². The molecule has 0 spiro atoms. The van der Waals surface area contributed by atoms with Crippen molar-refractivity contribution in [2.45, 2.75) is 45.2 Å². The molecule has 0 aliphatic heterocycles. The van der Waals surface area contributed by atoms with Crippen molar-refractivity contribution >= 4 is 12.0 Å². The van der Waals surface area contributed by atoms with Crippen LogP contribution in [-0.2, 0) is 11.3 Å². The summed E-state index contributed by atoms with van der Waals surface area (Å²) in [6, 6.07) is -0.470. The van der Waals surface area contributed by atoms with E-state index in [-0.39, 0.29) is 0 Å². The van der Waals surface area contributed by atoms with Crippen molar-refractivity contribution in [1.29, 1.82) is 0 Å². The summed E-state index contributed by atoms with van der Waals surface area (Å²) in [7, 11) is 0. The number of hydrogen-bond acceptors (Lipinski definition) is 4. The van der Waals surface area contributed by atoms with Crippen LogP contribution >= 0.6 is 0 Å². The molecule has 0 saturated heterocycles. The normalized spacial score (nSPS) is 13.5. The number of carboxylic acids is 1. The summed E-state index contributed by atoms with van der Waals surface area (Å²) in [5, 5.41) is 21.8. The third-order valence-electron chi connectivity index (χ3n) is 2.93. The minimum atomic E-state index is -1.23. The molecule has 0 radical (unpaired) electrons. The second-order valence-corrected chi connectivity index (χ2v) is 4.79. The van der Waals surface area contributed by atoms with E-state index in [1.807, 2.05) is 6.92 Å². The van der Waals surface area contributed by atoms with Crippen molar-refractivity contribution < 1.29 is 14.7 Å². The first-order valence-corrected chi connectivity index (χ1v) is 6.61. The van der Waals surface area contributed by atoms with Gasteiger partial charge in [-0.1, -0.05) is 18.6 Å². The van der Waals surface area contributed by atoms with Crippen molar-refractivity contribution in [3.05, 3.63) is 12.4 Å². The van der Waals surface area contributed by atoms with Crippen LogP contribution in [-0.4, -0.2) is 44.2 Å². The minimum Gasteiger partial charge on any atom is -0.480 e. The Labute approximate surface area is 117 Å². The lowest BCUT2D eigenvalue weighted by molar-refractivity contribution is -0.144. The minimum absolute atomic E-state index is 0.384. The number of amides is 2. The number of nitrogens with zero attached hydrogens (tertiary/aromatic N) is 3. The van der Waals surface area contributed by atoms with E-state index < -0.39 is 17.5 Å². The molecule has 112 valence electrons. The van der Waals surface area contributed by atoms with Crippen LogP contribution in [0.25, 0.3) is 0 Å². The van der Waals surface area contributed by atoms with Crippen molar-refractivity contribution in [2.24, 2.45) is 0 Å².